The second-order valence-corrected chi connectivity index (χ2v) is 3.06. The van der Waals surface area contributed by atoms with Gasteiger partial charge in [0.2, 0.25) is 0 Å². The Bertz CT molecular complexity index is 336. The van der Waals surface area contributed by atoms with Crippen LogP contribution in [-0.2, 0) is 0 Å². The van der Waals surface area contributed by atoms with Gasteiger partial charge in [-0.2, -0.15) is 5.10 Å². The van der Waals surface area contributed by atoms with Crippen LogP contribution in [0.1, 0.15) is 0 Å². The molecule has 0 spiro atoms. The van der Waals surface area contributed by atoms with Crippen LogP contribution < -0.4 is 0 Å². The van der Waals surface area contributed by atoms with Crippen LogP contribution in [0, 0.1) is 0 Å². The van der Waals surface area contributed by atoms with Gasteiger partial charge in [0.15, 0.2) is 0 Å². The molecule has 3 nitrogen and oxygen atoms in total. The third kappa shape index (κ3) is 1.21. The molecule has 0 aliphatic rings. The molecule has 11 heavy (non-hydrogen) atoms. The van der Waals surface area contributed by atoms with Gasteiger partial charge >= 0.3 is 0 Å². The summed E-state index contributed by atoms with van der Waals surface area (Å²) in [5, 5.41) is 6.60. The lowest BCUT2D eigenvalue weighted by Crippen LogP contribution is -1.70. The summed E-state index contributed by atoms with van der Waals surface area (Å²) in [6.07, 6.45) is 3.62. The molecule has 56 valence electrons. The van der Waals surface area contributed by atoms with Crippen LogP contribution in [0.3, 0.4) is 0 Å². The lowest BCUT2D eigenvalue weighted by Gasteiger charge is -1.87. The minimum atomic E-state index is 0.980. The van der Waals surface area contributed by atoms with E-state index < -0.39 is 0 Å². The van der Waals surface area contributed by atoms with Crippen LogP contribution in [0.2, 0.25) is 0 Å². The molecule has 0 unspecified atom stereocenters. The van der Waals surface area contributed by atoms with E-state index in [0.29, 0.717) is 0 Å². The smallest absolute Gasteiger partial charge is 0.0824 e. The molecular formula is C7H6BrN3. The van der Waals surface area contributed by atoms with Crippen LogP contribution in [0.25, 0.3) is 11.3 Å². The molecule has 0 saturated heterocycles. The van der Waals surface area contributed by atoms with E-state index in [1.807, 2.05) is 18.3 Å². The lowest BCUT2D eigenvalue weighted by atomic mass is 10.3. The molecule has 4 heteroatoms. The van der Waals surface area contributed by atoms with E-state index in [1.165, 1.54) is 0 Å². The summed E-state index contributed by atoms with van der Waals surface area (Å²) < 4.78 is 0.980. The minimum Gasteiger partial charge on any atom is -0.349 e. The van der Waals surface area contributed by atoms with Crippen molar-refractivity contribution in [3.8, 4) is 11.3 Å². The number of nitrogens with zero attached hydrogens (tertiary/aromatic N) is 1. The molecule has 0 aliphatic carbocycles. The third-order valence-corrected chi connectivity index (χ3v) is 1.92. The lowest BCUT2D eigenvalue weighted by molar-refractivity contribution is 1.09. The molecule has 0 fully saturated rings. The molecule has 2 rings (SSSR count). The summed E-state index contributed by atoms with van der Waals surface area (Å²) in [7, 11) is 0. The van der Waals surface area contributed by atoms with Crippen LogP contribution in [0.5, 0.6) is 0 Å². The second-order valence-electron chi connectivity index (χ2n) is 2.21. The van der Waals surface area contributed by atoms with E-state index in [4.69, 9.17) is 0 Å². The van der Waals surface area contributed by atoms with E-state index in [9.17, 15) is 0 Å². The number of rotatable bonds is 1. The first-order chi connectivity index (χ1) is 5.36. The molecule has 0 saturated carbocycles. The number of H-pyrrole nitrogens is 2. The van der Waals surface area contributed by atoms with Crippen LogP contribution in [0.4, 0.5) is 0 Å². The Labute approximate surface area is 72.0 Å². The van der Waals surface area contributed by atoms with Gasteiger partial charge in [-0.05, 0) is 28.1 Å². The van der Waals surface area contributed by atoms with Gasteiger partial charge in [-0.1, -0.05) is 0 Å². The maximum Gasteiger partial charge on any atom is 0.0824 e. The standard InChI is InChI=1S/C7H6BrN3/c8-7-2-1-6(11-7)5-3-9-10-4-5/h1-4,11H,(H,9,10). The third-order valence-electron chi connectivity index (χ3n) is 1.46. The molecule has 2 heterocycles. The van der Waals surface area contributed by atoms with Gasteiger partial charge in [-0.15, -0.1) is 0 Å². The Morgan fingerprint density at radius 1 is 1.36 bits per heavy atom. The average Bonchev–Trinajstić information content (AvgIpc) is 2.55. The van der Waals surface area contributed by atoms with E-state index in [0.717, 1.165) is 15.9 Å². The van der Waals surface area contributed by atoms with E-state index >= 15 is 0 Å². The summed E-state index contributed by atoms with van der Waals surface area (Å²) >= 11 is 3.33. The Hall–Kier alpha value is -1.03. The van der Waals surface area contributed by atoms with Crippen molar-refractivity contribution >= 4 is 15.9 Å². The van der Waals surface area contributed by atoms with Crippen molar-refractivity contribution in [1.29, 1.82) is 0 Å². The number of aromatic nitrogens is 3. The molecule has 2 aromatic rings. The predicted octanol–water partition coefficient (Wildman–Crippen LogP) is 2.17. The molecule has 2 N–H and O–H groups in total. The SMILES string of the molecule is Brc1ccc(-c2cn[nH]c2)[nH]1. The van der Waals surface area contributed by atoms with Crippen LogP contribution in [-0.4, -0.2) is 15.2 Å². The van der Waals surface area contributed by atoms with E-state index in [2.05, 4.69) is 31.1 Å². The van der Waals surface area contributed by atoms with Gasteiger partial charge in [0, 0.05) is 17.5 Å². The Balaban J connectivity index is 2.45. The first-order valence-electron chi connectivity index (χ1n) is 3.20. The van der Waals surface area contributed by atoms with Crippen molar-refractivity contribution in [2.75, 3.05) is 0 Å². The van der Waals surface area contributed by atoms with Crippen LogP contribution in [0.15, 0.2) is 29.1 Å². The molecule has 0 aliphatic heterocycles. The topological polar surface area (TPSA) is 44.5 Å². The van der Waals surface area contributed by atoms with Crippen molar-refractivity contribution in [2.24, 2.45) is 0 Å². The fraction of sp³-hybridized carbons (Fsp3) is 0. The van der Waals surface area contributed by atoms with E-state index in [-0.39, 0.29) is 0 Å². The summed E-state index contributed by atoms with van der Waals surface area (Å²) in [6.45, 7) is 0. The summed E-state index contributed by atoms with van der Waals surface area (Å²) in [5.74, 6) is 0. The summed E-state index contributed by atoms with van der Waals surface area (Å²) in [5.41, 5.74) is 2.13. The highest BCUT2D eigenvalue weighted by Gasteiger charge is 1.99. The molecule has 0 bridgehead atoms. The number of hydrogen-bond acceptors (Lipinski definition) is 1. The fourth-order valence-electron chi connectivity index (χ4n) is 0.935. The largest absolute Gasteiger partial charge is 0.349 e. The predicted molar refractivity (Wildman–Crippen MR) is 46.1 cm³/mol. The number of halogens is 1. The number of aromatic amines is 2. The van der Waals surface area contributed by atoms with E-state index in [1.54, 1.807) is 6.20 Å². The fourth-order valence-corrected chi connectivity index (χ4v) is 1.28. The monoisotopic (exact) mass is 211 g/mol. The zero-order valence-corrected chi connectivity index (χ0v) is 7.22. The first-order valence-corrected chi connectivity index (χ1v) is 3.99. The Morgan fingerprint density at radius 3 is 2.82 bits per heavy atom. The number of nitrogens with one attached hydrogen (secondary N) is 2. The van der Waals surface area contributed by atoms with Gasteiger partial charge in [0.1, 0.15) is 0 Å². The molecule has 0 aromatic carbocycles. The summed E-state index contributed by atoms with van der Waals surface area (Å²) in [6, 6.07) is 3.96. The van der Waals surface area contributed by atoms with Gasteiger partial charge < -0.3 is 4.98 Å². The van der Waals surface area contributed by atoms with Crippen molar-refractivity contribution < 1.29 is 0 Å². The highest BCUT2D eigenvalue weighted by Crippen LogP contribution is 2.18. The molecule has 0 radical (unpaired) electrons. The highest BCUT2D eigenvalue weighted by atomic mass is 79.9. The molecule has 0 atom stereocenters. The Kier molecular flexibility index (Phi) is 1.54. The average molecular weight is 212 g/mol. The maximum absolute atomic E-state index is 3.85. The number of hydrogen-bond donors (Lipinski definition) is 2. The Morgan fingerprint density at radius 2 is 2.27 bits per heavy atom. The molecule has 0 amide bonds. The van der Waals surface area contributed by atoms with Gasteiger partial charge in [-0.25, -0.2) is 0 Å². The zero-order chi connectivity index (χ0) is 7.68. The maximum atomic E-state index is 3.85. The summed E-state index contributed by atoms with van der Waals surface area (Å²) in [4.78, 5) is 3.14. The molecule has 2 aromatic heterocycles. The molecular weight excluding hydrogens is 206 g/mol. The normalized spacial score (nSPS) is 10.3. The highest BCUT2D eigenvalue weighted by molar-refractivity contribution is 9.10. The van der Waals surface area contributed by atoms with Crippen LogP contribution >= 0.6 is 15.9 Å². The van der Waals surface area contributed by atoms with Crippen molar-refractivity contribution in [3.05, 3.63) is 29.1 Å². The van der Waals surface area contributed by atoms with Crippen molar-refractivity contribution in [3.63, 3.8) is 0 Å². The minimum absolute atomic E-state index is 0.980. The van der Waals surface area contributed by atoms with Crippen molar-refractivity contribution in [1.82, 2.24) is 15.2 Å². The van der Waals surface area contributed by atoms with Gasteiger partial charge in [0.05, 0.1) is 10.8 Å². The van der Waals surface area contributed by atoms with Gasteiger partial charge in [-0.3, -0.25) is 5.10 Å². The zero-order valence-electron chi connectivity index (χ0n) is 5.63. The second kappa shape index (κ2) is 2.54. The van der Waals surface area contributed by atoms with Gasteiger partial charge in [0.25, 0.3) is 0 Å². The first kappa shape index (κ1) is 6.67. The van der Waals surface area contributed by atoms with Crippen molar-refractivity contribution in [2.45, 2.75) is 0 Å². The quantitative estimate of drug-likeness (QED) is 0.747.